The van der Waals surface area contributed by atoms with Gasteiger partial charge in [0.2, 0.25) is 0 Å². The van der Waals surface area contributed by atoms with E-state index in [2.05, 4.69) is 26.3 Å². The number of nitrogens with zero attached hydrogens (tertiary/aromatic N) is 1. The fourth-order valence-electron chi connectivity index (χ4n) is 2.04. The molecule has 0 fully saturated rings. The number of rotatable bonds is 4. The van der Waals surface area contributed by atoms with Crippen LogP contribution in [0, 0.1) is 12.7 Å². The first-order valence-electron chi connectivity index (χ1n) is 5.92. The van der Waals surface area contributed by atoms with Crippen LogP contribution < -0.4 is 11.3 Å². The summed E-state index contributed by atoms with van der Waals surface area (Å²) in [5.41, 5.74) is 5.43. The van der Waals surface area contributed by atoms with Crippen LogP contribution in [0.15, 0.2) is 41.1 Å². The number of pyridine rings is 1. The van der Waals surface area contributed by atoms with Crippen molar-refractivity contribution < 1.29 is 4.39 Å². The summed E-state index contributed by atoms with van der Waals surface area (Å²) in [6, 6.07) is 6.81. The van der Waals surface area contributed by atoms with Gasteiger partial charge in [-0.05, 0) is 48.2 Å². The second kappa shape index (κ2) is 6.23. The highest BCUT2D eigenvalue weighted by atomic mass is 79.9. The molecule has 1 aromatic carbocycles. The lowest BCUT2D eigenvalue weighted by Crippen LogP contribution is -2.30. The number of nitrogens with two attached hydrogens (primary N) is 1. The van der Waals surface area contributed by atoms with Crippen molar-refractivity contribution in [2.45, 2.75) is 19.4 Å². The van der Waals surface area contributed by atoms with E-state index in [9.17, 15) is 4.39 Å². The molecule has 0 aliphatic carbocycles. The predicted octanol–water partition coefficient (Wildman–Crippen LogP) is 3.04. The van der Waals surface area contributed by atoms with E-state index in [1.54, 1.807) is 18.5 Å². The Bertz CT molecular complexity index is 574. The Morgan fingerprint density at radius 3 is 2.84 bits per heavy atom. The quantitative estimate of drug-likeness (QED) is 0.671. The van der Waals surface area contributed by atoms with Gasteiger partial charge in [-0.25, -0.2) is 4.39 Å². The van der Waals surface area contributed by atoms with Crippen molar-refractivity contribution in [3.8, 4) is 0 Å². The minimum Gasteiger partial charge on any atom is -0.271 e. The molecular weight excluding hydrogens is 309 g/mol. The molecular formula is C14H15BrFN3. The summed E-state index contributed by atoms with van der Waals surface area (Å²) in [6.45, 7) is 1.96. The molecule has 0 radical (unpaired) electrons. The maximum Gasteiger partial charge on any atom is 0.127 e. The average molecular weight is 324 g/mol. The van der Waals surface area contributed by atoms with Gasteiger partial charge in [-0.15, -0.1) is 0 Å². The number of benzene rings is 1. The molecule has 100 valence electrons. The van der Waals surface area contributed by atoms with Crippen LogP contribution in [-0.4, -0.2) is 4.98 Å². The number of nitrogens with one attached hydrogen (secondary N) is 1. The first-order valence-corrected chi connectivity index (χ1v) is 6.71. The summed E-state index contributed by atoms with van der Waals surface area (Å²) in [6.07, 6.45) is 3.97. The monoisotopic (exact) mass is 323 g/mol. The first kappa shape index (κ1) is 14.1. The van der Waals surface area contributed by atoms with E-state index in [1.807, 2.05) is 19.1 Å². The molecule has 0 amide bonds. The molecule has 1 atom stereocenters. The molecule has 0 aliphatic rings. The normalized spacial score (nSPS) is 12.4. The number of aryl methyl sites for hydroxylation is 1. The van der Waals surface area contributed by atoms with Crippen molar-refractivity contribution in [3.63, 3.8) is 0 Å². The molecule has 1 aromatic heterocycles. The fraction of sp³-hybridized carbons (Fsp3) is 0.214. The van der Waals surface area contributed by atoms with Crippen molar-refractivity contribution in [2.24, 2.45) is 5.84 Å². The van der Waals surface area contributed by atoms with Gasteiger partial charge in [-0.1, -0.05) is 22.0 Å². The highest BCUT2D eigenvalue weighted by Gasteiger charge is 2.15. The topological polar surface area (TPSA) is 50.9 Å². The van der Waals surface area contributed by atoms with Crippen LogP contribution in [-0.2, 0) is 6.42 Å². The Morgan fingerprint density at radius 1 is 1.42 bits per heavy atom. The third-order valence-corrected chi connectivity index (χ3v) is 3.57. The van der Waals surface area contributed by atoms with E-state index in [-0.39, 0.29) is 11.9 Å². The lowest BCUT2D eigenvalue weighted by Gasteiger charge is -2.18. The fourth-order valence-corrected chi connectivity index (χ4v) is 2.37. The summed E-state index contributed by atoms with van der Waals surface area (Å²) in [5.74, 6) is 5.36. The highest BCUT2D eigenvalue weighted by Crippen LogP contribution is 2.23. The van der Waals surface area contributed by atoms with Gasteiger partial charge < -0.3 is 0 Å². The number of hydrogen-bond donors (Lipinski definition) is 2. The van der Waals surface area contributed by atoms with Crippen LogP contribution in [0.4, 0.5) is 4.39 Å². The number of aromatic nitrogens is 1. The largest absolute Gasteiger partial charge is 0.271 e. The lowest BCUT2D eigenvalue weighted by molar-refractivity contribution is 0.526. The van der Waals surface area contributed by atoms with E-state index in [4.69, 9.17) is 5.84 Å². The first-order chi connectivity index (χ1) is 9.11. The molecule has 2 rings (SSSR count). The molecule has 0 spiro atoms. The van der Waals surface area contributed by atoms with Crippen molar-refractivity contribution in [1.29, 1.82) is 0 Å². The summed E-state index contributed by atoms with van der Waals surface area (Å²) in [7, 11) is 0. The van der Waals surface area contributed by atoms with Gasteiger partial charge in [0.05, 0.1) is 6.04 Å². The standard InChI is InChI=1S/C14H15BrFN3/c1-9-8-18-5-4-12(9)14(19-17)6-10-2-3-11(15)7-13(10)16/h2-5,7-8,14,19H,6,17H2,1H3. The van der Waals surface area contributed by atoms with Gasteiger partial charge in [0.15, 0.2) is 0 Å². The molecule has 1 heterocycles. The molecule has 19 heavy (non-hydrogen) atoms. The van der Waals surface area contributed by atoms with Gasteiger partial charge >= 0.3 is 0 Å². The van der Waals surface area contributed by atoms with E-state index >= 15 is 0 Å². The summed E-state index contributed by atoms with van der Waals surface area (Å²) in [4.78, 5) is 4.05. The second-order valence-corrected chi connectivity index (χ2v) is 5.31. The van der Waals surface area contributed by atoms with Crippen molar-refractivity contribution >= 4 is 15.9 Å². The van der Waals surface area contributed by atoms with Crippen LogP contribution >= 0.6 is 15.9 Å². The van der Waals surface area contributed by atoms with Crippen LogP contribution in [0.5, 0.6) is 0 Å². The van der Waals surface area contributed by atoms with Gasteiger partial charge in [-0.3, -0.25) is 16.3 Å². The maximum atomic E-state index is 13.9. The zero-order chi connectivity index (χ0) is 13.8. The zero-order valence-corrected chi connectivity index (χ0v) is 12.1. The zero-order valence-electron chi connectivity index (χ0n) is 10.5. The predicted molar refractivity (Wildman–Crippen MR) is 76.8 cm³/mol. The highest BCUT2D eigenvalue weighted by molar-refractivity contribution is 9.10. The molecule has 5 heteroatoms. The van der Waals surface area contributed by atoms with Crippen LogP contribution in [0.25, 0.3) is 0 Å². The lowest BCUT2D eigenvalue weighted by atomic mass is 9.97. The van der Waals surface area contributed by atoms with E-state index in [1.165, 1.54) is 6.07 Å². The maximum absolute atomic E-state index is 13.9. The third-order valence-electron chi connectivity index (χ3n) is 3.08. The second-order valence-electron chi connectivity index (χ2n) is 4.39. The molecule has 0 saturated heterocycles. The Balaban J connectivity index is 2.27. The number of hydrogen-bond acceptors (Lipinski definition) is 3. The molecule has 0 bridgehead atoms. The summed E-state index contributed by atoms with van der Waals surface area (Å²) >= 11 is 3.25. The molecule has 0 saturated carbocycles. The van der Waals surface area contributed by atoms with E-state index in [0.717, 1.165) is 15.6 Å². The number of hydrazine groups is 1. The van der Waals surface area contributed by atoms with E-state index < -0.39 is 0 Å². The molecule has 0 aliphatic heterocycles. The number of halogens is 2. The van der Waals surface area contributed by atoms with Crippen molar-refractivity contribution in [2.75, 3.05) is 0 Å². The Labute approximate surface area is 120 Å². The van der Waals surface area contributed by atoms with Crippen molar-refractivity contribution in [1.82, 2.24) is 10.4 Å². The molecule has 3 nitrogen and oxygen atoms in total. The van der Waals surface area contributed by atoms with Crippen LogP contribution in [0.2, 0.25) is 0 Å². The molecule has 2 aromatic rings. The van der Waals surface area contributed by atoms with Gasteiger partial charge in [-0.2, -0.15) is 0 Å². The third kappa shape index (κ3) is 3.37. The van der Waals surface area contributed by atoms with Crippen LogP contribution in [0.1, 0.15) is 22.7 Å². The Kier molecular flexibility index (Phi) is 4.63. The molecule has 3 N–H and O–H groups in total. The van der Waals surface area contributed by atoms with Crippen LogP contribution in [0.3, 0.4) is 0 Å². The Morgan fingerprint density at radius 2 is 2.21 bits per heavy atom. The van der Waals surface area contributed by atoms with Crippen molar-refractivity contribution in [3.05, 3.63) is 63.6 Å². The summed E-state index contributed by atoms with van der Waals surface area (Å²) < 4.78 is 14.6. The van der Waals surface area contributed by atoms with Gasteiger partial charge in [0.25, 0.3) is 0 Å². The van der Waals surface area contributed by atoms with E-state index in [0.29, 0.717) is 12.0 Å². The summed E-state index contributed by atoms with van der Waals surface area (Å²) in [5, 5.41) is 0. The minimum atomic E-state index is -0.235. The minimum absolute atomic E-state index is 0.140. The smallest absolute Gasteiger partial charge is 0.127 e. The SMILES string of the molecule is Cc1cnccc1C(Cc1ccc(Br)cc1F)NN. The van der Waals surface area contributed by atoms with Gasteiger partial charge in [0.1, 0.15) is 5.82 Å². The molecule has 1 unspecified atom stereocenters. The average Bonchev–Trinajstić information content (AvgIpc) is 2.39. The Hall–Kier alpha value is -1.30. The van der Waals surface area contributed by atoms with Gasteiger partial charge in [0, 0.05) is 16.9 Å².